The Hall–Kier alpha value is 0.240. The van der Waals surface area contributed by atoms with Gasteiger partial charge in [0.1, 0.15) is 0 Å². The van der Waals surface area contributed by atoms with Crippen molar-refractivity contribution < 1.29 is 14.3 Å². The summed E-state index contributed by atoms with van der Waals surface area (Å²) in [4.78, 5) is 14.4. The first kappa shape index (κ1) is 23.2. The highest BCUT2D eigenvalue weighted by atomic mass is 35.5. The molecule has 0 aromatic carbocycles. The molecule has 1 atom stereocenters. The Balaban J connectivity index is 0.00000242. The van der Waals surface area contributed by atoms with Crippen molar-refractivity contribution in [2.75, 3.05) is 71.2 Å². The number of methoxy groups -OCH3 is 1. The number of ether oxygens (including phenoxy) is 2. The SMILES string of the molecule is COCCNCC(=O)NCC1(N2CCOCC2)CCSC1.Cl.Cl. The second-order valence-corrected chi connectivity index (χ2v) is 6.68. The van der Waals surface area contributed by atoms with Crippen molar-refractivity contribution in [3.8, 4) is 0 Å². The van der Waals surface area contributed by atoms with Gasteiger partial charge in [0.05, 0.1) is 26.4 Å². The number of hydrogen-bond acceptors (Lipinski definition) is 6. The lowest BCUT2D eigenvalue weighted by Gasteiger charge is -2.43. The Kier molecular flexibility index (Phi) is 12.7. The minimum atomic E-state index is 0. The Morgan fingerprint density at radius 3 is 2.70 bits per heavy atom. The molecule has 1 amide bonds. The third kappa shape index (κ3) is 7.34. The smallest absolute Gasteiger partial charge is 0.234 e. The second-order valence-electron chi connectivity index (χ2n) is 5.57. The molecule has 0 aromatic heterocycles. The Morgan fingerprint density at radius 1 is 1.35 bits per heavy atom. The normalized spacial score (nSPS) is 24.6. The number of morpholine rings is 1. The molecule has 0 radical (unpaired) electrons. The molecule has 2 N–H and O–H groups in total. The number of hydrogen-bond donors (Lipinski definition) is 2. The highest BCUT2D eigenvalue weighted by Crippen LogP contribution is 2.33. The molecule has 2 aliphatic rings. The summed E-state index contributed by atoms with van der Waals surface area (Å²) in [6.07, 6.45) is 1.15. The van der Waals surface area contributed by atoms with Gasteiger partial charge in [-0.15, -0.1) is 24.8 Å². The standard InChI is InChI=1S/C14H27N3O3S.2ClH/c1-19-6-3-15-10-13(18)16-11-14(2-9-21-12-14)17-4-7-20-8-5-17;;/h15H,2-12H2,1H3,(H,16,18);2*1H. The number of rotatable bonds is 8. The molecule has 2 fully saturated rings. The topological polar surface area (TPSA) is 62.8 Å². The average molecular weight is 390 g/mol. The summed E-state index contributed by atoms with van der Waals surface area (Å²) in [5, 5.41) is 6.18. The van der Waals surface area contributed by atoms with E-state index in [1.807, 2.05) is 11.8 Å². The van der Waals surface area contributed by atoms with Crippen LogP contribution in [0.15, 0.2) is 0 Å². The molecule has 23 heavy (non-hydrogen) atoms. The van der Waals surface area contributed by atoms with Crippen molar-refractivity contribution in [3.05, 3.63) is 0 Å². The van der Waals surface area contributed by atoms with Gasteiger partial charge in [0, 0.05) is 44.6 Å². The second kappa shape index (κ2) is 12.6. The van der Waals surface area contributed by atoms with E-state index in [1.165, 1.54) is 5.75 Å². The van der Waals surface area contributed by atoms with E-state index in [4.69, 9.17) is 9.47 Å². The molecule has 2 aliphatic heterocycles. The molecule has 6 nitrogen and oxygen atoms in total. The molecule has 9 heteroatoms. The third-order valence-corrected chi connectivity index (χ3v) is 5.38. The minimum Gasteiger partial charge on any atom is -0.383 e. The zero-order valence-corrected chi connectivity index (χ0v) is 16.1. The van der Waals surface area contributed by atoms with E-state index in [1.54, 1.807) is 7.11 Å². The molecule has 138 valence electrons. The summed E-state index contributed by atoms with van der Waals surface area (Å²) in [7, 11) is 1.66. The predicted molar refractivity (Wildman–Crippen MR) is 99.3 cm³/mol. The molecule has 2 saturated heterocycles. The van der Waals surface area contributed by atoms with Crippen LogP contribution in [0.3, 0.4) is 0 Å². The zero-order chi connectivity index (χ0) is 15.0. The summed E-state index contributed by atoms with van der Waals surface area (Å²) in [5.74, 6) is 2.35. The number of carbonyl (C=O) groups excluding carboxylic acids is 1. The molecule has 0 saturated carbocycles. The van der Waals surface area contributed by atoms with E-state index in [2.05, 4.69) is 15.5 Å². The van der Waals surface area contributed by atoms with Crippen molar-refractivity contribution in [1.29, 1.82) is 0 Å². The molecule has 0 aromatic rings. The fraction of sp³-hybridized carbons (Fsp3) is 0.929. The van der Waals surface area contributed by atoms with Crippen molar-refractivity contribution in [1.82, 2.24) is 15.5 Å². The van der Waals surface area contributed by atoms with Gasteiger partial charge in [-0.3, -0.25) is 9.69 Å². The number of carbonyl (C=O) groups is 1. The van der Waals surface area contributed by atoms with Gasteiger partial charge in [0.15, 0.2) is 0 Å². The van der Waals surface area contributed by atoms with Crippen LogP contribution in [0.5, 0.6) is 0 Å². The lowest BCUT2D eigenvalue weighted by atomic mass is 9.95. The average Bonchev–Trinajstić information content (AvgIpc) is 3.01. The van der Waals surface area contributed by atoms with Crippen LogP contribution in [-0.4, -0.2) is 87.5 Å². The van der Waals surface area contributed by atoms with Crippen LogP contribution in [0, 0.1) is 0 Å². The van der Waals surface area contributed by atoms with Crippen LogP contribution in [0.25, 0.3) is 0 Å². The number of nitrogens with zero attached hydrogens (tertiary/aromatic N) is 1. The van der Waals surface area contributed by atoms with Gasteiger partial charge in [-0.1, -0.05) is 0 Å². The fourth-order valence-corrected chi connectivity index (χ4v) is 4.31. The lowest BCUT2D eigenvalue weighted by Crippen LogP contribution is -2.59. The summed E-state index contributed by atoms with van der Waals surface area (Å²) in [6, 6.07) is 0. The van der Waals surface area contributed by atoms with Gasteiger partial charge in [0.2, 0.25) is 5.91 Å². The fourth-order valence-electron chi connectivity index (χ4n) is 2.84. The quantitative estimate of drug-likeness (QED) is 0.585. The van der Waals surface area contributed by atoms with Gasteiger partial charge in [-0.05, 0) is 12.2 Å². The summed E-state index contributed by atoms with van der Waals surface area (Å²) >= 11 is 1.98. The maximum absolute atomic E-state index is 11.9. The summed E-state index contributed by atoms with van der Waals surface area (Å²) in [6.45, 7) is 5.99. The monoisotopic (exact) mass is 389 g/mol. The van der Waals surface area contributed by atoms with Crippen molar-refractivity contribution in [2.45, 2.75) is 12.0 Å². The Morgan fingerprint density at radius 2 is 2.09 bits per heavy atom. The number of nitrogens with one attached hydrogen (secondary N) is 2. The maximum Gasteiger partial charge on any atom is 0.234 e. The Labute approximate surface area is 155 Å². The first-order valence-corrected chi connectivity index (χ1v) is 8.79. The number of thioether (sulfide) groups is 1. The molecule has 1 unspecified atom stereocenters. The predicted octanol–water partition coefficient (Wildman–Crippen LogP) is 0.390. The first-order chi connectivity index (χ1) is 10.3. The van der Waals surface area contributed by atoms with Crippen molar-refractivity contribution in [3.63, 3.8) is 0 Å². The lowest BCUT2D eigenvalue weighted by molar-refractivity contribution is -0.121. The minimum absolute atomic E-state index is 0. The van der Waals surface area contributed by atoms with Crippen LogP contribution in [0.2, 0.25) is 0 Å². The van der Waals surface area contributed by atoms with Crippen molar-refractivity contribution in [2.24, 2.45) is 0 Å². The largest absolute Gasteiger partial charge is 0.383 e. The zero-order valence-electron chi connectivity index (χ0n) is 13.7. The van der Waals surface area contributed by atoms with Crippen LogP contribution < -0.4 is 10.6 Å². The van der Waals surface area contributed by atoms with E-state index in [9.17, 15) is 4.79 Å². The van der Waals surface area contributed by atoms with Crippen LogP contribution in [0.1, 0.15) is 6.42 Å². The van der Waals surface area contributed by atoms with E-state index < -0.39 is 0 Å². The van der Waals surface area contributed by atoms with Gasteiger partial charge in [-0.25, -0.2) is 0 Å². The van der Waals surface area contributed by atoms with E-state index in [0.29, 0.717) is 19.7 Å². The molecule has 0 bridgehead atoms. The van der Waals surface area contributed by atoms with Crippen LogP contribution in [0.4, 0.5) is 0 Å². The van der Waals surface area contributed by atoms with E-state index >= 15 is 0 Å². The Bertz CT molecular complexity index is 328. The first-order valence-electron chi connectivity index (χ1n) is 7.64. The van der Waals surface area contributed by atoms with E-state index in [0.717, 1.165) is 45.0 Å². The summed E-state index contributed by atoms with van der Waals surface area (Å²) in [5.41, 5.74) is 0.122. The third-order valence-electron chi connectivity index (χ3n) is 4.15. The summed E-state index contributed by atoms with van der Waals surface area (Å²) < 4.78 is 10.4. The molecule has 2 rings (SSSR count). The molecule has 2 heterocycles. The number of halogens is 2. The van der Waals surface area contributed by atoms with Gasteiger partial charge in [0.25, 0.3) is 0 Å². The maximum atomic E-state index is 11.9. The van der Waals surface area contributed by atoms with Crippen molar-refractivity contribution >= 4 is 42.5 Å². The highest BCUT2D eigenvalue weighted by molar-refractivity contribution is 7.99. The highest BCUT2D eigenvalue weighted by Gasteiger charge is 2.40. The van der Waals surface area contributed by atoms with Crippen LogP contribution in [-0.2, 0) is 14.3 Å². The van der Waals surface area contributed by atoms with Crippen LogP contribution >= 0.6 is 36.6 Å². The molecule has 0 aliphatic carbocycles. The van der Waals surface area contributed by atoms with Gasteiger partial charge in [-0.2, -0.15) is 11.8 Å². The van der Waals surface area contributed by atoms with Gasteiger partial charge >= 0.3 is 0 Å². The van der Waals surface area contributed by atoms with E-state index in [-0.39, 0.29) is 36.3 Å². The molecule has 0 spiro atoms. The van der Waals surface area contributed by atoms with Gasteiger partial charge < -0.3 is 20.1 Å². The molecular weight excluding hydrogens is 361 g/mol. The molecular formula is C14H29Cl2N3O3S. The number of amides is 1.